The molecule has 1 heterocycles. The summed E-state index contributed by atoms with van der Waals surface area (Å²) in [6, 6.07) is 10.6. The predicted molar refractivity (Wildman–Crippen MR) is 117 cm³/mol. The van der Waals surface area contributed by atoms with Gasteiger partial charge in [-0.2, -0.15) is 0 Å². The Balaban J connectivity index is 1.89. The summed E-state index contributed by atoms with van der Waals surface area (Å²) >= 11 is 6.41. The number of thiocarbonyl (C=S) groups is 1. The van der Waals surface area contributed by atoms with Crippen LogP contribution in [-0.2, 0) is 9.59 Å². The summed E-state index contributed by atoms with van der Waals surface area (Å²) in [5, 5.41) is 9.04. The van der Waals surface area contributed by atoms with Crippen LogP contribution in [0, 0.1) is 5.82 Å². The van der Waals surface area contributed by atoms with Gasteiger partial charge in [-0.25, -0.2) is 9.18 Å². The van der Waals surface area contributed by atoms with Crippen molar-refractivity contribution in [3.05, 3.63) is 58.8 Å². The van der Waals surface area contributed by atoms with E-state index < -0.39 is 17.9 Å². The average Bonchev–Trinajstić information content (AvgIpc) is 2.97. The van der Waals surface area contributed by atoms with Crippen molar-refractivity contribution in [3.63, 3.8) is 0 Å². The summed E-state index contributed by atoms with van der Waals surface area (Å²) in [6.07, 6.45) is 0.600. The Bertz CT molecular complexity index is 1040. The van der Waals surface area contributed by atoms with Gasteiger partial charge in [-0.15, -0.1) is 0 Å². The monoisotopic (exact) mass is 447 g/mol. The maximum Gasteiger partial charge on any atom is 0.344 e. The molecule has 6 nitrogen and oxygen atoms in total. The van der Waals surface area contributed by atoms with Gasteiger partial charge in [0.1, 0.15) is 5.82 Å². The normalized spacial score (nSPS) is 16.1. The molecule has 1 atom stereocenters. The van der Waals surface area contributed by atoms with Crippen LogP contribution in [0.3, 0.4) is 0 Å². The molecule has 2 aromatic carbocycles. The Morgan fingerprint density at radius 3 is 2.73 bits per heavy atom. The second-order valence-electron chi connectivity index (χ2n) is 6.23. The molecule has 156 valence electrons. The Morgan fingerprint density at radius 1 is 1.30 bits per heavy atom. The largest absolute Gasteiger partial charge is 0.490 e. The number of hydrogen-bond acceptors (Lipinski definition) is 6. The van der Waals surface area contributed by atoms with Gasteiger partial charge in [-0.3, -0.25) is 9.69 Å². The van der Waals surface area contributed by atoms with Gasteiger partial charge >= 0.3 is 5.97 Å². The van der Waals surface area contributed by atoms with E-state index in [9.17, 15) is 14.0 Å². The topological polar surface area (TPSA) is 76.1 Å². The van der Waals surface area contributed by atoms with Crippen molar-refractivity contribution in [1.29, 1.82) is 0 Å². The maximum absolute atomic E-state index is 13.5. The fourth-order valence-corrected chi connectivity index (χ4v) is 3.98. The number of nitrogens with zero attached hydrogens (tertiary/aromatic N) is 1. The van der Waals surface area contributed by atoms with Crippen molar-refractivity contribution in [2.75, 3.05) is 11.5 Å². The highest BCUT2D eigenvalue weighted by Crippen LogP contribution is 2.37. The van der Waals surface area contributed by atoms with E-state index in [1.807, 2.05) is 0 Å². The van der Waals surface area contributed by atoms with Crippen molar-refractivity contribution in [1.82, 2.24) is 0 Å². The molecule has 0 aliphatic carbocycles. The Kier molecular flexibility index (Phi) is 6.73. The second kappa shape index (κ2) is 9.27. The molecule has 9 heteroatoms. The highest BCUT2D eigenvalue weighted by atomic mass is 32.2. The summed E-state index contributed by atoms with van der Waals surface area (Å²) < 4.78 is 24.8. The number of thioether (sulfide) groups is 1. The van der Waals surface area contributed by atoms with Crippen molar-refractivity contribution >= 4 is 51.9 Å². The third-order valence-corrected chi connectivity index (χ3v) is 5.38. The van der Waals surface area contributed by atoms with Crippen LogP contribution in [0.2, 0.25) is 0 Å². The number of ether oxygens (including phenoxy) is 2. The molecule has 3 rings (SSSR count). The zero-order chi connectivity index (χ0) is 21.8. The summed E-state index contributed by atoms with van der Waals surface area (Å²) in [5.41, 5.74) is 1.01. The average molecular weight is 448 g/mol. The van der Waals surface area contributed by atoms with Crippen LogP contribution in [0.5, 0.6) is 11.5 Å². The van der Waals surface area contributed by atoms with E-state index in [2.05, 4.69) is 0 Å². The van der Waals surface area contributed by atoms with Crippen LogP contribution >= 0.6 is 24.0 Å². The number of anilines is 1. The standard InChI is InChI=1S/C21H18FNO5S2/c1-3-27-17-9-13(7-8-16(17)28-12(2)20(25)26)10-18-19(24)23(21(29)30-18)15-6-4-5-14(22)11-15/h4-12H,3H2,1-2H3,(H,25,26)/b18-10+. The first kappa shape index (κ1) is 21.8. The predicted octanol–water partition coefficient (Wildman–Crippen LogP) is 4.48. The van der Waals surface area contributed by atoms with E-state index in [0.717, 1.165) is 11.8 Å². The lowest BCUT2D eigenvalue weighted by Crippen LogP contribution is -2.27. The number of halogens is 1. The fraction of sp³-hybridized carbons (Fsp3) is 0.190. The molecule has 0 aromatic heterocycles. The SMILES string of the molecule is CCOc1cc(/C=C2/SC(=S)N(c3cccc(F)c3)C2=O)ccc1OC(C)C(=O)O. The Hall–Kier alpha value is -2.91. The second-order valence-corrected chi connectivity index (χ2v) is 7.91. The van der Waals surface area contributed by atoms with Crippen molar-refractivity contribution in [2.24, 2.45) is 0 Å². The van der Waals surface area contributed by atoms with E-state index in [1.165, 1.54) is 30.0 Å². The number of rotatable bonds is 7. The van der Waals surface area contributed by atoms with Crippen LogP contribution in [0.15, 0.2) is 47.4 Å². The maximum atomic E-state index is 13.5. The zero-order valence-corrected chi connectivity index (χ0v) is 17.8. The third-order valence-electron chi connectivity index (χ3n) is 4.08. The van der Waals surface area contributed by atoms with E-state index in [1.54, 1.807) is 37.3 Å². The van der Waals surface area contributed by atoms with Crippen LogP contribution in [0.4, 0.5) is 10.1 Å². The molecular formula is C21H18FNO5S2. The molecule has 1 aliphatic heterocycles. The Morgan fingerprint density at radius 2 is 2.07 bits per heavy atom. The van der Waals surface area contributed by atoms with E-state index in [4.69, 9.17) is 26.8 Å². The van der Waals surface area contributed by atoms with Crippen LogP contribution in [0.25, 0.3) is 6.08 Å². The minimum atomic E-state index is -1.09. The molecule has 0 saturated carbocycles. The molecule has 0 radical (unpaired) electrons. The van der Waals surface area contributed by atoms with E-state index in [0.29, 0.717) is 32.8 Å². The molecule has 1 saturated heterocycles. The van der Waals surface area contributed by atoms with E-state index >= 15 is 0 Å². The Labute approximate surface area is 182 Å². The lowest BCUT2D eigenvalue weighted by molar-refractivity contribution is -0.144. The number of aliphatic carboxylic acids is 1. The molecule has 30 heavy (non-hydrogen) atoms. The molecule has 1 amide bonds. The molecule has 0 spiro atoms. The van der Waals surface area contributed by atoms with Gasteiger partial charge in [0.15, 0.2) is 21.9 Å². The summed E-state index contributed by atoms with van der Waals surface area (Å²) in [7, 11) is 0. The van der Waals surface area contributed by atoms with Crippen molar-refractivity contribution in [3.8, 4) is 11.5 Å². The van der Waals surface area contributed by atoms with E-state index in [-0.39, 0.29) is 11.7 Å². The lowest BCUT2D eigenvalue weighted by atomic mass is 10.1. The van der Waals surface area contributed by atoms with Crippen molar-refractivity contribution < 1.29 is 28.6 Å². The first-order valence-corrected chi connectivity index (χ1v) is 10.2. The van der Waals surface area contributed by atoms with Gasteiger partial charge < -0.3 is 14.6 Å². The van der Waals surface area contributed by atoms with Crippen LogP contribution < -0.4 is 14.4 Å². The fourth-order valence-electron chi connectivity index (χ4n) is 2.68. The van der Waals surface area contributed by atoms with Gasteiger partial charge in [0.2, 0.25) is 0 Å². The summed E-state index contributed by atoms with van der Waals surface area (Å²) in [4.78, 5) is 25.5. The van der Waals surface area contributed by atoms with Gasteiger partial charge in [-0.05, 0) is 55.8 Å². The first-order valence-electron chi connectivity index (χ1n) is 9.00. The number of benzene rings is 2. The molecule has 1 aliphatic rings. The third kappa shape index (κ3) is 4.80. The molecule has 2 aromatic rings. The summed E-state index contributed by atoms with van der Waals surface area (Å²) in [6.45, 7) is 3.56. The van der Waals surface area contributed by atoms with Gasteiger partial charge in [-0.1, -0.05) is 36.1 Å². The molecule has 1 N–H and O–H groups in total. The number of amides is 1. The number of carboxylic acid groups (broad SMARTS) is 1. The zero-order valence-electron chi connectivity index (χ0n) is 16.1. The number of carbonyl (C=O) groups is 2. The molecule has 0 bridgehead atoms. The van der Waals surface area contributed by atoms with Gasteiger partial charge in [0, 0.05) is 0 Å². The highest BCUT2D eigenvalue weighted by Gasteiger charge is 2.33. The first-order chi connectivity index (χ1) is 14.3. The van der Waals surface area contributed by atoms with Gasteiger partial charge in [0.05, 0.1) is 17.2 Å². The van der Waals surface area contributed by atoms with Crippen LogP contribution in [0.1, 0.15) is 19.4 Å². The lowest BCUT2D eigenvalue weighted by Gasteiger charge is -2.15. The minimum absolute atomic E-state index is 0.288. The number of carbonyl (C=O) groups excluding carboxylic acids is 1. The van der Waals surface area contributed by atoms with Crippen molar-refractivity contribution in [2.45, 2.75) is 20.0 Å². The number of carboxylic acids is 1. The minimum Gasteiger partial charge on any atom is -0.490 e. The molecule has 1 fully saturated rings. The smallest absolute Gasteiger partial charge is 0.344 e. The van der Waals surface area contributed by atoms with Crippen LogP contribution in [-0.4, -0.2) is 34.0 Å². The molecular weight excluding hydrogens is 429 g/mol. The molecule has 1 unspecified atom stereocenters. The highest BCUT2D eigenvalue weighted by molar-refractivity contribution is 8.27. The van der Waals surface area contributed by atoms with Gasteiger partial charge in [0.25, 0.3) is 5.91 Å². The quantitative estimate of drug-likeness (QED) is 0.495. The number of hydrogen-bond donors (Lipinski definition) is 1. The summed E-state index contributed by atoms with van der Waals surface area (Å²) in [5.74, 6) is -1.26.